The van der Waals surface area contributed by atoms with Gasteiger partial charge in [-0.05, 0) is 18.2 Å². The zero-order valence-electron chi connectivity index (χ0n) is 10.4. The molecule has 0 radical (unpaired) electrons. The highest BCUT2D eigenvalue weighted by Gasteiger charge is 2.29. The SMILES string of the molecule is CC(C)C(OC(=O)c1cccc(C(=O)O)c1)[N+](=O)[O-]. The Balaban J connectivity index is 2.91. The molecule has 0 saturated carbocycles. The number of carboxylic acids is 1. The lowest BCUT2D eigenvalue weighted by Gasteiger charge is -2.13. The first-order valence-electron chi connectivity index (χ1n) is 5.50. The normalized spacial score (nSPS) is 11.9. The number of nitrogens with zero attached hydrogens (tertiary/aromatic N) is 1. The zero-order valence-corrected chi connectivity index (χ0v) is 10.4. The average Bonchev–Trinajstić information content (AvgIpc) is 2.34. The minimum absolute atomic E-state index is 0.0348. The fourth-order valence-corrected chi connectivity index (χ4v) is 1.38. The molecule has 1 aromatic carbocycles. The molecule has 0 aliphatic carbocycles. The number of ether oxygens (including phenoxy) is 1. The lowest BCUT2D eigenvalue weighted by atomic mass is 10.1. The molecule has 0 bridgehead atoms. The number of hydrogen-bond donors (Lipinski definition) is 1. The van der Waals surface area contributed by atoms with E-state index >= 15 is 0 Å². The summed E-state index contributed by atoms with van der Waals surface area (Å²) in [5.74, 6) is -2.59. The number of carbonyl (C=O) groups is 2. The van der Waals surface area contributed by atoms with Crippen molar-refractivity contribution in [3.05, 3.63) is 45.5 Å². The first-order valence-corrected chi connectivity index (χ1v) is 5.50. The van der Waals surface area contributed by atoms with Gasteiger partial charge in [0.1, 0.15) is 0 Å². The summed E-state index contributed by atoms with van der Waals surface area (Å²) in [5.41, 5.74) is -0.121. The van der Waals surface area contributed by atoms with Crippen molar-refractivity contribution in [1.82, 2.24) is 0 Å². The van der Waals surface area contributed by atoms with E-state index in [0.29, 0.717) is 0 Å². The molecule has 102 valence electrons. The van der Waals surface area contributed by atoms with Crippen molar-refractivity contribution in [2.24, 2.45) is 5.92 Å². The highest BCUT2D eigenvalue weighted by molar-refractivity contribution is 5.94. The van der Waals surface area contributed by atoms with E-state index in [1.54, 1.807) is 13.8 Å². The Morgan fingerprint density at radius 1 is 1.32 bits per heavy atom. The third-order valence-electron chi connectivity index (χ3n) is 2.35. The van der Waals surface area contributed by atoms with Gasteiger partial charge in [-0.2, -0.15) is 0 Å². The van der Waals surface area contributed by atoms with Gasteiger partial charge in [0.25, 0.3) is 0 Å². The number of rotatable bonds is 5. The third kappa shape index (κ3) is 3.77. The standard InChI is InChI=1S/C12H13NO6/c1-7(2)10(13(17)18)19-12(16)9-5-3-4-8(6-9)11(14)15/h3-7,10H,1-2H3,(H,14,15). The molecule has 0 amide bonds. The van der Waals surface area contributed by atoms with Crippen LogP contribution in [0.2, 0.25) is 0 Å². The van der Waals surface area contributed by atoms with E-state index in [-0.39, 0.29) is 11.1 Å². The molecule has 0 heterocycles. The van der Waals surface area contributed by atoms with Gasteiger partial charge < -0.3 is 9.84 Å². The summed E-state index contributed by atoms with van der Waals surface area (Å²) in [5, 5.41) is 19.5. The van der Waals surface area contributed by atoms with Crippen LogP contribution in [0.1, 0.15) is 34.6 Å². The molecule has 0 spiro atoms. The van der Waals surface area contributed by atoms with E-state index in [2.05, 4.69) is 0 Å². The minimum Gasteiger partial charge on any atom is -0.478 e. The molecule has 1 rings (SSSR count). The second-order valence-corrected chi connectivity index (χ2v) is 4.21. The van der Waals surface area contributed by atoms with Crippen LogP contribution in [0.5, 0.6) is 0 Å². The van der Waals surface area contributed by atoms with Gasteiger partial charge >= 0.3 is 18.2 Å². The summed E-state index contributed by atoms with van der Waals surface area (Å²) in [7, 11) is 0. The van der Waals surface area contributed by atoms with E-state index < -0.39 is 29.0 Å². The van der Waals surface area contributed by atoms with Crippen molar-refractivity contribution in [2.45, 2.75) is 20.1 Å². The number of hydrogen-bond acceptors (Lipinski definition) is 5. The van der Waals surface area contributed by atoms with Crippen LogP contribution >= 0.6 is 0 Å². The van der Waals surface area contributed by atoms with Crippen LogP contribution in [-0.4, -0.2) is 28.2 Å². The maximum Gasteiger partial charge on any atom is 0.358 e. The summed E-state index contributed by atoms with van der Waals surface area (Å²) >= 11 is 0. The first kappa shape index (κ1) is 14.6. The van der Waals surface area contributed by atoms with Gasteiger partial charge in [0, 0.05) is 0 Å². The van der Waals surface area contributed by atoms with Crippen molar-refractivity contribution in [1.29, 1.82) is 0 Å². The third-order valence-corrected chi connectivity index (χ3v) is 2.35. The van der Waals surface area contributed by atoms with E-state index in [0.717, 1.165) is 6.07 Å². The Kier molecular flexibility index (Phi) is 4.57. The van der Waals surface area contributed by atoms with Crippen LogP contribution in [0, 0.1) is 16.0 Å². The summed E-state index contributed by atoms with van der Waals surface area (Å²) in [6, 6.07) is 5.14. The number of carbonyl (C=O) groups excluding carboxylic acids is 1. The molecule has 1 N–H and O–H groups in total. The lowest BCUT2D eigenvalue weighted by Crippen LogP contribution is -2.31. The maximum atomic E-state index is 11.7. The largest absolute Gasteiger partial charge is 0.478 e. The monoisotopic (exact) mass is 267 g/mol. The van der Waals surface area contributed by atoms with Gasteiger partial charge in [-0.25, -0.2) is 9.59 Å². The number of benzene rings is 1. The summed E-state index contributed by atoms with van der Waals surface area (Å²) in [6.07, 6.45) is -1.46. The molecule has 7 heteroatoms. The summed E-state index contributed by atoms with van der Waals surface area (Å²) in [6.45, 7) is 3.10. The highest BCUT2D eigenvalue weighted by Crippen LogP contribution is 2.12. The molecular weight excluding hydrogens is 254 g/mol. The number of esters is 1. The molecule has 0 aromatic heterocycles. The van der Waals surface area contributed by atoms with Gasteiger partial charge in [0.15, 0.2) is 0 Å². The Morgan fingerprint density at radius 2 is 1.89 bits per heavy atom. The quantitative estimate of drug-likeness (QED) is 0.377. The van der Waals surface area contributed by atoms with Crippen molar-refractivity contribution < 1.29 is 24.4 Å². The molecule has 0 fully saturated rings. The number of nitro groups is 1. The minimum atomic E-state index is -1.46. The van der Waals surface area contributed by atoms with E-state index in [9.17, 15) is 19.7 Å². The first-order chi connectivity index (χ1) is 8.82. The predicted molar refractivity (Wildman–Crippen MR) is 64.4 cm³/mol. The number of carboxylic acid groups (broad SMARTS) is 1. The van der Waals surface area contributed by atoms with Crippen LogP contribution in [0.3, 0.4) is 0 Å². The predicted octanol–water partition coefficient (Wildman–Crippen LogP) is 1.80. The lowest BCUT2D eigenvalue weighted by molar-refractivity contribution is -0.575. The van der Waals surface area contributed by atoms with E-state index in [1.807, 2.05) is 0 Å². The van der Waals surface area contributed by atoms with E-state index in [1.165, 1.54) is 18.2 Å². The maximum absolute atomic E-state index is 11.7. The molecule has 1 atom stereocenters. The molecule has 1 aromatic rings. The Bertz CT molecular complexity index is 511. The van der Waals surface area contributed by atoms with Gasteiger partial charge in [-0.1, -0.05) is 19.9 Å². The molecule has 0 aliphatic rings. The van der Waals surface area contributed by atoms with Gasteiger partial charge in [0.2, 0.25) is 0 Å². The second-order valence-electron chi connectivity index (χ2n) is 4.21. The van der Waals surface area contributed by atoms with Gasteiger partial charge in [-0.3, -0.25) is 10.1 Å². The molecule has 7 nitrogen and oxygen atoms in total. The van der Waals surface area contributed by atoms with Crippen LogP contribution in [0.15, 0.2) is 24.3 Å². The molecule has 19 heavy (non-hydrogen) atoms. The smallest absolute Gasteiger partial charge is 0.358 e. The molecule has 0 saturated heterocycles. The topological polar surface area (TPSA) is 107 Å². The fraction of sp³-hybridized carbons (Fsp3) is 0.333. The molecule has 0 aliphatic heterocycles. The van der Waals surface area contributed by atoms with Gasteiger partial charge in [0.05, 0.1) is 22.0 Å². The van der Waals surface area contributed by atoms with Crippen LogP contribution in [-0.2, 0) is 4.74 Å². The van der Waals surface area contributed by atoms with Crippen molar-refractivity contribution in [3.63, 3.8) is 0 Å². The van der Waals surface area contributed by atoms with Crippen molar-refractivity contribution in [2.75, 3.05) is 0 Å². The van der Waals surface area contributed by atoms with Crippen LogP contribution in [0.25, 0.3) is 0 Å². The van der Waals surface area contributed by atoms with E-state index in [4.69, 9.17) is 9.84 Å². The second kappa shape index (κ2) is 5.94. The molecule has 1 unspecified atom stereocenters. The van der Waals surface area contributed by atoms with Crippen LogP contribution < -0.4 is 0 Å². The molecular formula is C12H13NO6. The Morgan fingerprint density at radius 3 is 2.37 bits per heavy atom. The van der Waals surface area contributed by atoms with Crippen molar-refractivity contribution >= 4 is 11.9 Å². The Labute approximate surface area is 109 Å². The van der Waals surface area contributed by atoms with Crippen molar-refractivity contribution in [3.8, 4) is 0 Å². The van der Waals surface area contributed by atoms with Crippen LogP contribution in [0.4, 0.5) is 0 Å². The summed E-state index contributed by atoms with van der Waals surface area (Å²) in [4.78, 5) is 32.5. The fourth-order valence-electron chi connectivity index (χ4n) is 1.38. The number of aromatic carboxylic acids is 1. The summed E-state index contributed by atoms with van der Waals surface area (Å²) < 4.78 is 4.76. The highest BCUT2D eigenvalue weighted by atomic mass is 16.7. The zero-order chi connectivity index (χ0) is 14.6. The Hall–Kier alpha value is -2.44. The average molecular weight is 267 g/mol. The van der Waals surface area contributed by atoms with Gasteiger partial charge in [-0.15, -0.1) is 0 Å².